The van der Waals surface area contributed by atoms with Crippen molar-refractivity contribution in [3.05, 3.63) is 81.8 Å². The fourth-order valence-electron chi connectivity index (χ4n) is 2.97. The molecule has 5 nitrogen and oxygen atoms in total. The van der Waals surface area contributed by atoms with Gasteiger partial charge < -0.3 is 9.88 Å². The van der Waals surface area contributed by atoms with Gasteiger partial charge in [-0.2, -0.15) is 13.2 Å². The smallest absolute Gasteiger partial charge is 0.326 e. The summed E-state index contributed by atoms with van der Waals surface area (Å²) in [6, 6.07) is 9.58. The summed E-state index contributed by atoms with van der Waals surface area (Å²) >= 11 is 5.88. The van der Waals surface area contributed by atoms with E-state index in [1.165, 1.54) is 16.7 Å². The molecule has 0 fully saturated rings. The van der Waals surface area contributed by atoms with Crippen LogP contribution in [0.5, 0.6) is 0 Å². The van der Waals surface area contributed by atoms with E-state index in [0.29, 0.717) is 10.7 Å². The van der Waals surface area contributed by atoms with Crippen LogP contribution in [-0.2, 0) is 23.9 Å². The van der Waals surface area contributed by atoms with Crippen LogP contribution in [0.15, 0.2) is 59.9 Å². The molecule has 0 aliphatic carbocycles. The van der Waals surface area contributed by atoms with Crippen LogP contribution in [0, 0.1) is 0 Å². The molecule has 3 rings (SSSR count). The highest BCUT2D eigenvalue weighted by atomic mass is 35.5. The zero-order chi connectivity index (χ0) is 21.9. The monoisotopic (exact) mass is 435 g/mol. The average molecular weight is 436 g/mol. The molecule has 3 aromatic rings. The lowest BCUT2D eigenvalue weighted by atomic mass is 10.1. The predicted octanol–water partition coefficient (Wildman–Crippen LogP) is 4.83. The Bertz CT molecular complexity index is 1170. The van der Waals surface area contributed by atoms with E-state index in [4.69, 9.17) is 11.6 Å². The fourth-order valence-corrected chi connectivity index (χ4v) is 3.16. The van der Waals surface area contributed by atoms with Crippen molar-refractivity contribution in [2.75, 3.05) is 5.32 Å². The first kappa shape index (κ1) is 21.6. The van der Waals surface area contributed by atoms with Crippen molar-refractivity contribution >= 4 is 34.2 Å². The molecule has 1 aromatic heterocycles. The first-order valence-electron chi connectivity index (χ1n) is 8.96. The lowest BCUT2D eigenvalue weighted by Gasteiger charge is -2.13. The Hall–Kier alpha value is -3.13. The van der Waals surface area contributed by atoms with E-state index in [1.54, 1.807) is 24.3 Å². The number of anilines is 1. The molecule has 0 aliphatic heterocycles. The van der Waals surface area contributed by atoms with E-state index in [-0.39, 0.29) is 42.0 Å². The first-order valence-corrected chi connectivity index (χ1v) is 9.34. The zero-order valence-electron chi connectivity index (χ0n) is 15.7. The lowest BCUT2D eigenvalue weighted by Crippen LogP contribution is -2.26. The normalized spacial score (nSPS) is 11.5. The summed E-state index contributed by atoms with van der Waals surface area (Å²) in [4.78, 5) is 29.1. The lowest BCUT2D eigenvalue weighted by molar-refractivity contribution is -0.137. The Morgan fingerprint density at radius 2 is 2.00 bits per heavy atom. The summed E-state index contributed by atoms with van der Waals surface area (Å²) < 4.78 is 40.5. The molecule has 1 N–H and O–H groups in total. The third-order valence-electron chi connectivity index (χ3n) is 4.35. The number of aromatic nitrogens is 2. The van der Waals surface area contributed by atoms with Crippen LogP contribution in [-0.4, -0.2) is 15.5 Å². The number of allylic oxidation sites excluding steroid dienone is 1. The van der Waals surface area contributed by atoms with Crippen LogP contribution in [0.2, 0.25) is 5.02 Å². The highest BCUT2D eigenvalue weighted by Gasteiger charge is 2.31. The minimum Gasteiger partial charge on any atom is -0.326 e. The van der Waals surface area contributed by atoms with Crippen molar-refractivity contribution in [1.29, 1.82) is 0 Å². The predicted molar refractivity (Wildman–Crippen MR) is 110 cm³/mol. The third-order valence-corrected chi connectivity index (χ3v) is 4.58. The second-order valence-corrected chi connectivity index (χ2v) is 6.96. The molecule has 0 bridgehead atoms. The Morgan fingerprint density at radius 1 is 1.23 bits per heavy atom. The molecule has 0 saturated carbocycles. The standard InChI is InChI=1S/C21H17ClF3N3O2/c1-2-10-28-18-8-6-13(21(23,24)25)11-17(18)27-16(20(28)30)7-9-19(29)26-15-5-3-4-14(22)12-15/h2-6,8,11-12H,1,7,9-10H2,(H,26,29). The van der Waals surface area contributed by atoms with Crippen LogP contribution >= 0.6 is 11.6 Å². The Labute approximate surface area is 174 Å². The molecule has 1 amide bonds. The van der Waals surface area contributed by atoms with Crippen molar-refractivity contribution in [2.45, 2.75) is 25.6 Å². The number of carbonyl (C=O) groups excluding carboxylic acids is 1. The maximum atomic E-state index is 13.1. The first-order chi connectivity index (χ1) is 14.2. The van der Waals surface area contributed by atoms with Gasteiger partial charge in [0.25, 0.3) is 5.56 Å². The van der Waals surface area contributed by atoms with Gasteiger partial charge in [0.15, 0.2) is 0 Å². The number of amides is 1. The highest BCUT2D eigenvalue weighted by molar-refractivity contribution is 6.30. The van der Waals surface area contributed by atoms with Gasteiger partial charge in [0.1, 0.15) is 5.69 Å². The quantitative estimate of drug-likeness (QED) is 0.564. The van der Waals surface area contributed by atoms with Gasteiger partial charge in [0, 0.05) is 30.1 Å². The van der Waals surface area contributed by atoms with Gasteiger partial charge in [-0.25, -0.2) is 4.98 Å². The topological polar surface area (TPSA) is 64.0 Å². The van der Waals surface area contributed by atoms with E-state index in [0.717, 1.165) is 12.1 Å². The summed E-state index contributed by atoms with van der Waals surface area (Å²) in [5.41, 5.74) is -0.548. The summed E-state index contributed by atoms with van der Waals surface area (Å²) in [6.07, 6.45) is -3.18. The van der Waals surface area contributed by atoms with Gasteiger partial charge in [0.2, 0.25) is 5.91 Å². The summed E-state index contributed by atoms with van der Waals surface area (Å²) in [5.74, 6) is -0.377. The molecule has 0 spiro atoms. The number of hydrogen-bond donors (Lipinski definition) is 1. The Morgan fingerprint density at radius 3 is 2.67 bits per heavy atom. The van der Waals surface area contributed by atoms with Gasteiger partial charge in [-0.15, -0.1) is 6.58 Å². The van der Waals surface area contributed by atoms with Crippen LogP contribution in [0.4, 0.5) is 18.9 Å². The molecule has 0 aliphatic rings. The molecule has 9 heteroatoms. The number of benzene rings is 2. The molecular formula is C21H17ClF3N3O2. The van der Waals surface area contributed by atoms with E-state index >= 15 is 0 Å². The summed E-state index contributed by atoms with van der Waals surface area (Å²) in [6.45, 7) is 3.69. The maximum absolute atomic E-state index is 13.1. The van der Waals surface area contributed by atoms with Crippen molar-refractivity contribution in [3.8, 4) is 0 Å². The van der Waals surface area contributed by atoms with Crippen LogP contribution in [0.1, 0.15) is 17.7 Å². The number of alkyl halides is 3. The highest BCUT2D eigenvalue weighted by Crippen LogP contribution is 2.30. The molecule has 0 saturated heterocycles. The van der Waals surface area contributed by atoms with Gasteiger partial charge in [-0.1, -0.05) is 23.7 Å². The molecule has 156 valence electrons. The van der Waals surface area contributed by atoms with Crippen molar-refractivity contribution in [3.63, 3.8) is 0 Å². The van der Waals surface area contributed by atoms with Crippen LogP contribution < -0.4 is 10.9 Å². The number of nitrogens with one attached hydrogen (secondary N) is 1. The van der Waals surface area contributed by atoms with Crippen molar-refractivity contribution < 1.29 is 18.0 Å². The van der Waals surface area contributed by atoms with Gasteiger partial charge in [-0.3, -0.25) is 9.59 Å². The number of nitrogens with zero attached hydrogens (tertiary/aromatic N) is 2. The number of aryl methyl sites for hydroxylation is 1. The van der Waals surface area contributed by atoms with Crippen LogP contribution in [0.25, 0.3) is 11.0 Å². The second kappa shape index (κ2) is 8.71. The van der Waals surface area contributed by atoms with E-state index in [2.05, 4.69) is 16.9 Å². The minimum atomic E-state index is -4.54. The molecule has 2 aromatic carbocycles. The third kappa shape index (κ3) is 4.88. The van der Waals surface area contributed by atoms with Crippen molar-refractivity contribution in [1.82, 2.24) is 9.55 Å². The second-order valence-electron chi connectivity index (χ2n) is 6.52. The average Bonchev–Trinajstić information content (AvgIpc) is 2.68. The number of hydrogen-bond acceptors (Lipinski definition) is 3. The number of carbonyl (C=O) groups is 1. The summed E-state index contributed by atoms with van der Waals surface area (Å²) in [5, 5.41) is 3.11. The number of halogens is 4. The number of rotatable bonds is 6. The van der Waals surface area contributed by atoms with Gasteiger partial charge in [0.05, 0.1) is 16.6 Å². The minimum absolute atomic E-state index is 0.00455. The van der Waals surface area contributed by atoms with Gasteiger partial charge >= 0.3 is 6.18 Å². The SMILES string of the molecule is C=CCn1c(=O)c(CCC(=O)Nc2cccc(Cl)c2)nc2cc(C(F)(F)F)ccc21. The summed E-state index contributed by atoms with van der Waals surface area (Å²) in [7, 11) is 0. The molecule has 30 heavy (non-hydrogen) atoms. The van der Waals surface area contributed by atoms with Crippen molar-refractivity contribution in [2.24, 2.45) is 0 Å². The fraction of sp³-hybridized carbons (Fsp3) is 0.190. The number of fused-ring (bicyclic) bond motifs is 1. The zero-order valence-corrected chi connectivity index (χ0v) is 16.4. The molecule has 0 atom stereocenters. The van der Waals surface area contributed by atoms with E-state index in [1.807, 2.05) is 0 Å². The molecular weight excluding hydrogens is 419 g/mol. The van der Waals surface area contributed by atoms with E-state index < -0.39 is 17.3 Å². The Balaban J connectivity index is 1.90. The Kier molecular flexibility index (Phi) is 6.26. The van der Waals surface area contributed by atoms with E-state index in [9.17, 15) is 22.8 Å². The molecule has 1 heterocycles. The van der Waals surface area contributed by atoms with Gasteiger partial charge in [-0.05, 0) is 36.4 Å². The van der Waals surface area contributed by atoms with Crippen LogP contribution in [0.3, 0.4) is 0 Å². The molecule has 0 radical (unpaired) electrons. The molecule has 0 unspecified atom stereocenters. The largest absolute Gasteiger partial charge is 0.416 e. The maximum Gasteiger partial charge on any atom is 0.416 e.